The van der Waals surface area contributed by atoms with Crippen LogP contribution < -0.4 is 14.8 Å². The van der Waals surface area contributed by atoms with E-state index in [-0.39, 0.29) is 29.8 Å². The van der Waals surface area contributed by atoms with Crippen LogP contribution in [0.4, 0.5) is 10.1 Å². The van der Waals surface area contributed by atoms with Crippen molar-refractivity contribution in [2.24, 2.45) is 0 Å². The number of halogens is 1. The van der Waals surface area contributed by atoms with E-state index in [4.69, 9.17) is 4.74 Å². The third kappa shape index (κ3) is 7.18. The minimum absolute atomic E-state index is 0.00735. The summed E-state index contributed by atoms with van der Waals surface area (Å²) in [5, 5.41) is 24.0. The average molecular weight is 475 g/mol. The zero-order valence-corrected chi connectivity index (χ0v) is 19.1. The number of methoxy groups -OCH3 is 1. The molecule has 176 valence electrons. The monoisotopic (exact) mass is 474 g/mol. The number of rotatable bonds is 10. The number of phenols is 1. The van der Waals surface area contributed by atoms with Crippen molar-refractivity contribution in [1.82, 2.24) is 5.32 Å². The van der Waals surface area contributed by atoms with Crippen LogP contribution in [0, 0.1) is 5.82 Å². The van der Waals surface area contributed by atoms with Gasteiger partial charge in [0.25, 0.3) is 0 Å². The molecule has 0 saturated heterocycles. The molecule has 33 heavy (non-hydrogen) atoms. The Labute approximate surface area is 192 Å². The first-order valence-corrected chi connectivity index (χ1v) is 12.1. The summed E-state index contributed by atoms with van der Waals surface area (Å²) in [5.41, 5.74) is 2.30. The number of hydrogen-bond donors (Lipinski definition) is 4. The second kappa shape index (κ2) is 10.7. The second-order valence-electron chi connectivity index (χ2n) is 7.73. The highest BCUT2D eigenvalue weighted by atomic mass is 32.2. The lowest BCUT2D eigenvalue weighted by molar-refractivity contribution is 0.169. The molecule has 0 aromatic heterocycles. The Morgan fingerprint density at radius 2 is 1.64 bits per heavy atom. The van der Waals surface area contributed by atoms with E-state index < -0.39 is 16.1 Å². The topological polar surface area (TPSA) is 108 Å². The third-order valence-corrected chi connectivity index (χ3v) is 5.72. The molecule has 0 saturated carbocycles. The van der Waals surface area contributed by atoms with Gasteiger partial charge in [-0.1, -0.05) is 30.3 Å². The first kappa shape index (κ1) is 24.5. The van der Waals surface area contributed by atoms with Gasteiger partial charge in [-0.25, -0.2) is 12.8 Å². The molecule has 9 heteroatoms. The van der Waals surface area contributed by atoms with Crippen molar-refractivity contribution in [3.05, 3.63) is 89.2 Å². The van der Waals surface area contributed by atoms with E-state index in [2.05, 4.69) is 10.0 Å². The van der Waals surface area contributed by atoms with E-state index in [9.17, 15) is 23.0 Å². The zero-order valence-electron chi connectivity index (χ0n) is 18.3. The number of anilines is 1. The molecule has 0 aliphatic carbocycles. The van der Waals surface area contributed by atoms with Crippen molar-refractivity contribution in [2.75, 3.05) is 24.6 Å². The SMILES string of the molecule is COc1ccc([C@@H](Cc2ccc(F)cc2)NC[C@H](O)c2ccc(O)c(NS(C)(=O)=O)c2)cc1. The second-order valence-corrected chi connectivity index (χ2v) is 9.48. The van der Waals surface area contributed by atoms with Crippen LogP contribution in [0.25, 0.3) is 0 Å². The van der Waals surface area contributed by atoms with Crippen LogP contribution in [0.1, 0.15) is 28.8 Å². The van der Waals surface area contributed by atoms with Gasteiger partial charge in [0.1, 0.15) is 17.3 Å². The number of aliphatic hydroxyl groups excluding tert-OH is 1. The average Bonchev–Trinajstić information content (AvgIpc) is 2.78. The first-order valence-electron chi connectivity index (χ1n) is 10.2. The Kier molecular flexibility index (Phi) is 7.91. The summed E-state index contributed by atoms with van der Waals surface area (Å²) < 4.78 is 43.8. The maximum absolute atomic E-state index is 13.3. The number of phenolic OH excluding ortho intramolecular Hbond substituents is 1. The number of aromatic hydroxyl groups is 1. The lowest BCUT2D eigenvalue weighted by Gasteiger charge is -2.22. The molecular formula is C24H27FN2O5S. The highest BCUT2D eigenvalue weighted by Gasteiger charge is 2.17. The summed E-state index contributed by atoms with van der Waals surface area (Å²) in [6.45, 7) is 0.154. The van der Waals surface area contributed by atoms with Gasteiger partial charge < -0.3 is 20.3 Å². The normalized spacial score (nSPS) is 13.3. The lowest BCUT2D eigenvalue weighted by Crippen LogP contribution is -2.28. The molecule has 7 nitrogen and oxygen atoms in total. The fourth-order valence-corrected chi connectivity index (χ4v) is 3.98. The van der Waals surface area contributed by atoms with Crippen LogP contribution in [0.3, 0.4) is 0 Å². The van der Waals surface area contributed by atoms with Gasteiger partial charge in [0, 0.05) is 12.6 Å². The van der Waals surface area contributed by atoms with Crippen LogP contribution in [0.2, 0.25) is 0 Å². The molecule has 3 rings (SSSR count). The maximum atomic E-state index is 13.3. The molecule has 3 aromatic rings. The Hall–Kier alpha value is -3.14. The molecule has 0 fully saturated rings. The fourth-order valence-electron chi connectivity index (χ4n) is 3.41. The number of aliphatic hydroxyl groups is 1. The number of ether oxygens (including phenoxy) is 1. The third-order valence-electron chi connectivity index (χ3n) is 5.13. The molecule has 0 radical (unpaired) electrons. The standard InChI is InChI=1S/C24H27FN2O5S/c1-32-20-10-5-17(6-11-20)21(13-16-3-8-19(25)9-4-16)26-15-24(29)18-7-12-23(28)22(14-18)27-33(2,30)31/h3-12,14,21,24,26-29H,13,15H2,1-2H3/t21-,24+/m1/s1. The number of nitrogens with one attached hydrogen (secondary N) is 2. The van der Waals surface area contributed by atoms with E-state index >= 15 is 0 Å². The van der Waals surface area contributed by atoms with Gasteiger partial charge in [0.05, 0.1) is 25.2 Å². The zero-order chi connectivity index (χ0) is 24.0. The van der Waals surface area contributed by atoms with Crippen molar-refractivity contribution in [3.8, 4) is 11.5 Å². The van der Waals surface area contributed by atoms with Gasteiger partial charge in [-0.2, -0.15) is 0 Å². The Morgan fingerprint density at radius 1 is 1.00 bits per heavy atom. The molecule has 0 aliphatic rings. The molecule has 0 aliphatic heterocycles. The molecule has 2 atom stereocenters. The predicted molar refractivity (Wildman–Crippen MR) is 125 cm³/mol. The first-order chi connectivity index (χ1) is 15.6. The smallest absolute Gasteiger partial charge is 0.229 e. The van der Waals surface area contributed by atoms with Gasteiger partial charge in [-0.3, -0.25) is 4.72 Å². The maximum Gasteiger partial charge on any atom is 0.229 e. The Morgan fingerprint density at radius 3 is 2.24 bits per heavy atom. The number of sulfonamides is 1. The summed E-state index contributed by atoms with van der Waals surface area (Å²) in [4.78, 5) is 0. The number of hydrogen-bond acceptors (Lipinski definition) is 6. The van der Waals surface area contributed by atoms with E-state index in [0.29, 0.717) is 17.7 Å². The summed E-state index contributed by atoms with van der Waals surface area (Å²) in [6.07, 6.45) is 0.557. The summed E-state index contributed by atoms with van der Waals surface area (Å²) >= 11 is 0. The van der Waals surface area contributed by atoms with Crippen molar-refractivity contribution < 1.29 is 27.8 Å². The van der Waals surface area contributed by atoms with E-state index in [1.807, 2.05) is 24.3 Å². The van der Waals surface area contributed by atoms with Gasteiger partial charge in [-0.05, 0) is 59.5 Å². The van der Waals surface area contributed by atoms with Crippen LogP contribution in [0.5, 0.6) is 11.5 Å². The lowest BCUT2D eigenvalue weighted by atomic mass is 9.98. The quantitative estimate of drug-likeness (QED) is 0.335. The summed E-state index contributed by atoms with van der Waals surface area (Å²) in [6, 6.07) is 17.8. The highest BCUT2D eigenvalue weighted by molar-refractivity contribution is 7.92. The van der Waals surface area contributed by atoms with Crippen LogP contribution >= 0.6 is 0 Å². The van der Waals surface area contributed by atoms with Crippen LogP contribution in [-0.4, -0.2) is 38.5 Å². The van der Waals surface area contributed by atoms with E-state index in [0.717, 1.165) is 17.4 Å². The molecule has 0 unspecified atom stereocenters. The predicted octanol–water partition coefficient (Wildman–Crippen LogP) is 3.52. The van der Waals surface area contributed by atoms with Crippen LogP contribution in [-0.2, 0) is 16.4 Å². The molecule has 0 spiro atoms. The minimum Gasteiger partial charge on any atom is -0.506 e. The van der Waals surface area contributed by atoms with Crippen molar-refractivity contribution >= 4 is 15.7 Å². The van der Waals surface area contributed by atoms with E-state index in [1.54, 1.807) is 19.2 Å². The molecule has 4 N–H and O–H groups in total. The Balaban J connectivity index is 1.77. The largest absolute Gasteiger partial charge is 0.506 e. The summed E-state index contributed by atoms with van der Waals surface area (Å²) in [7, 11) is -2.00. The van der Waals surface area contributed by atoms with Crippen molar-refractivity contribution in [2.45, 2.75) is 18.6 Å². The summed E-state index contributed by atoms with van der Waals surface area (Å²) in [5.74, 6) is 0.167. The van der Waals surface area contributed by atoms with Crippen molar-refractivity contribution in [1.29, 1.82) is 0 Å². The number of benzene rings is 3. The fraction of sp³-hybridized carbons (Fsp3) is 0.250. The molecule has 0 amide bonds. The Bertz CT molecular complexity index is 1170. The molecular weight excluding hydrogens is 447 g/mol. The van der Waals surface area contributed by atoms with Gasteiger partial charge in [0.15, 0.2) is 0 Å². The van der Waals surface area contributed by atoms with Gasteiger partial charge in [-0.15, -0.1) is 0 Å². The minimum atomic E-state index is -3.59. The van der Waals surface area contributed by atoms with Gasteiger partial charge >= 0.3 is 0 Å². The molecule has 0 heterocycles. The van der Waals surface area contributed by atoms with E-state index in [1.165, 1.54) is 30.3 Å². The highest BCUT2D eigenvalue weighted by Crippen LogP contribution is 2.28. The van der Waals surface area contributed by atoms with Crippen LogP contribution in [0.15, 0.2) is 66.7 Å². The van der Waals surface area contributed by atoms with Crippen molar-refractivity contribution in [3.63, 3.8) is 0 Å². The van der Waals surface area contributed by atoms with Gasteiger partial charge in [0.2, 0.25) is 10.0 Å². The molecule has 0 bridgehead atoms. The molecule has 3 aromatic carbocycles.